The molecule has 0 spiro atoms. The zero-order chi connectivity index (χ0) is 23.6. The van der Waals surface area contributed by atoms with Gasteiger partial charge in [0.05, 0.1) is 6.54 Å². The minimum absolute atomic E-state index is 0.315. The van der Waals surface area contributed by atoms with Crippen LogP contribution in [-0.4, -0.2) is 41.7 Å². The third-order valence-electron chi connectivity index (χ3n) is 5.39. The maximum Gasteiger partial charge on any atom is 0.325 e. The van der Waals surface area contributed by atoms with Crippen molar-refractivity contribution in [2.24, 2.45) is 0 Å². The second-order valence-electron chi connectivity index (χ2n) is 8.05. The molecule has 5 amide bonds. The molecule has 8 nitrogen and oxygen atoms in total. The fourth-order valence-corrected chi connectivity index (χ4v) is 3.76. The lowest BCUT2D eigenvalue weighted by Crippen LogP contribution is -2.44. The predicted octanol–water partition coefficient (Wildman–Crippen LogP) is 2.27. The van der Waals surface area contributed by atoms with Crippen LogP contribution in [0.15, 0.2) is 36.4 Å². The molecular weight excluding hydrogens is 415 g/mol. The van der Waals surface area contributed by atoms with Gasteiger partial charge in [-0.2, -0.15) is 0 Å². The first-order chi connectivity index (χ1) is 15.0. The molecule has 1 fully saturated rings. The van der Waals surface area contributed by atoms with Crippen LogP contribution in [-0.2, 0) is 19.9 Å². The van der Waals surface area contributed by atoms with Gasteiger partial charge in [-0.05, 0) is 56.5 Å². The smallest absolute Gasteiger partial charge is 0.325 e. The van der Waals surface area contributed by atoms with Gasteiger partial charge in [-0.3, -0.25) is 19.3 Å². The van der Waals surface area contributed by atoms with Gasteiger partial charge in [-0.15, -0.1) is 0 Å². The van der Waals surface area contributed by atoms with Crippen LogP contribution in [0.25, 0.3) is 0 Å². The molecule has 1 atom stereocenters. The number of hydrogen-bond donors (Lipinski definition) is 3. The molecule has 1 heterocycles. The number of halogens is 1. The largest absolute Gasteiger partial charge is 0.345 e. The Labute approximate surface area is 185 Å². The molecule has 0 radical (unpaired) electrons. The highest BCUT2D eigenvalue weighted by atomic mass is 19.1. The first-order valence-electron chi connectivity index (χ1n) is 10.1. The van der Waals surface area contributed by atoms with Gasteiger partial charge in [0.2, 0.25) is 11.8 Å². The number of carbonyl (C=O) groups excluding carboxylic acids is 4. The van der Waals surface area contributed by atoms with E-state index in [-0.39, 0.29) is 6.54 Å². The summed E-state index contributed by atoms with van der Waals surface area (Å²) in [7, 11) is 0. The van der Waals surface area contributed by atoms with Crippen molar-refractivity contribution in [1.29, 1.82) is 0 Å². The molecule has 9 heteroatoms. The SMILES string of the molecule is Cc1cc(C)c(NC(=O)CNC(=O)CN2C(=O)N[C@](C)(c3ccc(F)cc3)C2=O)c(C)c1. The van der Waals surface area contributed by atoms with Crippen molar-refractivity contribution in [3.05, 3.63) is 64.5 Å². The minimum Gasteiger partial charge on any atom is -0.345 e. The molecule has 3 N–H and O–H groups in total. The van der Waals surface area contributed by atoms with E-state index in [1.165, 1.54) is 31.2 Å². The molecule has 1 aliphatic heterocycles. The summed E-state index contributed by atoms with van der Waals surface area (Å²) in [6.45, 7) is 6.34. The lowest BCUT2D eigenvalue weighted by molar-refractivity contribution is -0.135. The van der Waals surface area contributed by atoms with Gasteiger partial charge in [0.25, 0.3) is 5.91 Å². The average molecular weight is 440 g/mol. The van der Waals surface area contributed by atoms with E-state index < -0.39 is 41.7 Å². The summed E-state index contributed by atoms with van der Waals surface area (Å²) in [4.78, 5) is 50.5. The molecule has 2 aromatic carbocycles. The van der Waals surface area contributed by atoms with E-state index >= 15 is 0 Å². The van der Waals surface area contributed by atoms with Crippen LogP contribution in [0.2, 0.25) is 0 Å². The van der Waals surface area contributed by atoms with Crippen molar-refractivity contribution in [3.63, 3.8) is 0 Å². The number of nitrogens with zero attached hydrogens (tertiary/aromatic N) is 1. The van der Waals surface area contributed by atoms with Crippen molar-refractivity contribution in [2.45, 2.75) is 33.2 Å². The quantitative estimate of drug-likeness (QED) is 0.599. The van der Waals surface area contributed by atoms with Gasteiger partial charge in [-0.1, -0.05) is 29.8 Å². The Balaban J connectivity index is 1.59. The Morgan fingerprint density at radius 1 is 1.03 bits per heavy atom. The zero-order valence-corrected chi connectivity index (χ0v) is 18.3. The number of urea groups is 1. The second kappa shape index (κ2) is 8.78. The van der Waals surface area contributed by atoms with Crippen LogP contribution in [0.4, 0.5) is 14.9 Å². The van der Waals surface area contributed by atoms with Crippen LogP contribution in [0, 0.1) is 26.6 Å². The van der Waals surface area contributed by atoms with E-state index in [0.717, 1.165) is 21.6 Å². The van der Waals surface area contributed by atoms with E-state index in [1.807, 2.05) is 32.9 Å². The Morgan fingerprint density at radius 2 is 1.62 bits per heavy atom. The van der Waals surface area contributed by atoms with E-state index in [0.29, 0.717) is 11.3 Å². The molecular formula is C23H25FN4O4. The highest BCUT2D eigenvalue weighted by Crippen LogP contribution is 2.28. The van der Waals surface area contributed by atoms with Gasteiger partial charge in [0.1, 0.15) is 17.9 Å². The second-order valence-corrected chi connectivity index (χ2v) is 8.05. The van der Waals surface area contributed by atoms with Crippen LogP contribution >= 0.6 is 0 Å². The number of carbonyl (C=O) groups is 4. The first kappa shape index (κ1) is 22.9. The number of anilines is 1. The first-order valence-corrected chi connectivity index (χ1v) is 10.1. The van der Waals surface area contributed by atoms with E-state index in [1.54, 1.807) is 0 Å². The van der Waals surface area contributed by atoms with Crippen molar-refractivity contribution in [3.8, 4) is 0 Å². The molecule has 0 aromatic heterocycles. The van der Waals surface area contributed by atoms with Crippen molar-refractivity contribution >= 4 is 29.4 Å². The fraction of sp³-hybridized carbons (Fsp3) is 0.304. The monoisotopic (exact) mass is 440 g/mol. The lowest BCUT2D eigenvalue weighted by atomic mass is 9.92. The van der Waals surface area contributed by atoms with Gasteiger partial charge < -0.3 is 16.0 Å². The summed E-state index contributed by atoms with van der Waals surface area (Å²) in [6.07, 6.45) is 0. The highest BCUT2D eigenvalue weighted by Gasteiger charge is 2.49. The number of aryl methyl sites for hydroxylation is 3. The van der Waals surface area contributed by atoms with Crippen molar-refractivity contribution in [2.75, 3.05) is 18.4 Å². The Kier molecular flexibility index (Phi) is 6.29. The minimum atomic E-state index is -1.41. The van der Waals surface area contributed by atoms with Gasteiger partial charge in [0.15, 0.2) is 0 Å². The number of amides is 5. The maximum absolute atomic E-state index is 13.2. The molecule has 0 bridgehead atoms. The van der Waals surface area contributed by atoms with E-state index in [9.17, 15) is 23.6 Å². The van der Waals surface area contributed by atoms with Crippen LogP contribution < -0.4 is 16.0 Å². The summed E-state index contributed by atoms with van der Waals surface area (Å²) in [5.74, 6) is -2.20. The van der Waals surface area contributed by atoms with Gasteiger partial charge >= 0.3 is 6.03 Å². The Bertz CT molecular complexity index is 1080. The number of rotatable bonds is 6. The van der Waals surface area contributed by atoms with Crippen molar-refractivity contribution < 1.29 is 23.6 Å². The third kappa shape index (κ3) is 4.61. The third-order valence-corrected chi connectivity index (χ3v) is 5.39. The normalized spacial score (nSPS) is 17.8. The van der Waals surface area contributed by atoms with E-state index in [2.05, 4.69) is 16.0 Å². The predicted molar refractivity (Wildman–Crippen MR) is 116 cm³/mol. The molecule has 2 aromatic rings. The number of imide groups is 1. The average Bonchev–Trinajstić information content (AvgIpc) is 2.93. The maximum atomic E-state index is 13.2. The topological polar surface area (TPSA) is 108 Å². The zero-order valence-electron chi connectivity index (χ0n) is 18.3. The summed E-state index contributed by atoms with van der Waals surface area (Å²) < 4.78 is 13.2. The lowest BCUT2D eigenvalue weighted by Gasteiger charge is -2.22. The van der Waals surface area contributed by atoms with E-state index in [4.69, 9.17) is 0 Å². The number of benzene rings is 2. The van der Waals surface area contributed by atoms with Crippen molar-refractivity contribution in [1.82, 2.24) is 15.5 Å². The molecule has 0 saturated carbocycles. The van der Waals surface area contributed by atoms with Gasteiger partial charge in [0, 0.05) is 5.69 Å². The molecule has 1 saturated heterocycles. The molecule has 0 unspecified atom stereocenters. The molecule has 32 heavy (non-hydrogen) atoms. The van der Waals surface area contributed by atoms with Crippen LogP contribution in [0.5, 0.6) is 0 Å². The number of hydrogen-bond acceptors (Lipinski definition) is 4. The number of nitrogens with one attached hydrogen (secondary N) is 3. The highest BCUT2D eigenvalue weighted by molar-refractivity contribution is 6.09. The molecule has 0 aliphatic carbocycles. The summed E-state index contributed by atoms with van der Waals surface area (Å²) in [5.41, 5.74) is 2.54. The fourth-order valence-electron chi connectivity index (χ4n) is 3.76. The van der Waals surface area contributed by atoms with Crippen LogP contribution in [0.3, 0.4) is 0 Å². The van der Waals surface area contributed by atoms with Gasteiger partial charge in [-0.25, -0.2) is 9.18 Å². The Hall–Kier alpha value is -3.75. The molecule has 1 aliphatic rings. The Morgan fingerprint density at radius 3 is 2.22 bits per heavy atom. The van der Waals surface area contributed by atoms with Crippen LogP contribution in [0.1, 0.15) is 29.2 Å². The summed E-state index contributed by atoms with van der Waals surface area (Å²) in [6, 6.07) is 8.31. The molecule has 3 rings (SSSR count). The summed E-state index contributed by atoms with van der Waals surface area (Å²) >= 11 is 0. The standard InChI is InChI=1S/C23H25FN4O4/c1-13-9-14(2)20(15(3)10-13)26-18(29)11-25-19(30)12-28-21(31)23(4,27-22(28)32)16-5-7-17(24)8-6-16/h5-10H,11-12H2,1-4H3,(H,25,30)(H,26,29)(H,27,32)/t23-/m1/s1. The summed E-state index contributed by atoms with van der Waals surface area (Å²) in [5, 5.41) is 7.73. The molecule has 168 valence electrons.